The van der Waals surface area contributed by atoms with Gasteiger partial charge in [0.1, 0.15) is 0 Å². The molecule has 0 saturated carbocycles. The Balaban J connectivity index is 2.15. The van der Waals surface area contributed by atoms with E-state index in [4.69, 9.17) is 5.26 Å². The predicted molar refractivity (Wildman–Crippen MR) is 64.3 cm³/mol. The lowest BCUT2D eigenvalue weighted by Gasteiger charge is -2.17. The number of nitrogens with zero attached hydrogens (tertiary/aromatic N) is 3. The summed E-state index contributed by atoms with van der Waals surface area (Å²) in [6.07, 6.45) is 0. The van der Waals surface area contributed by atoms with Crippen LogP contribution in [0.5, 0.6) is 0 Å². The third kappa shape index (κ3) is 2.23. The van der Waals surface area contributed by atoms with Crippen LogP contribution in [-0.2, 0) is 6.54 Å². The predicted octanol–water partition coefficient (Wildman–Crippen LogP) is 1.73. The Kier molecular flexibility index (Phi) is 3.01. The highest BCUT2D eigenvalue weighted by molar-refractivity contribution is 5.76. The standard InChI is InChI=1S/C13H15N3O/c1-10-7-11(8-14)3-4-12(10)9-16-6-5-15(2)13(16)17/h3-4,7H,5-6,9H2,1-2H3. The monoisotopic (exact) mass is 229 g/mol. The first-order valence-corrected chi connectivity index (χ1v) is 5.61. The van der Waals surface area contributed by atoms with E-state index in [1.165, 1.54) is 0 Å². The molecule has 0 spiro atoms. The minimum absolute atomic E-state index is 0.0776. The van der Waals surface area contributed by atoms with Crippen molar-refractivity contribution in [1.82, 2.24) is 9.80 Å². The molecule has 0 bridgehead atoms. The molecule has 0 N–H and O–H groups in total. The summed E-state index contributed by atoms with van der Waals surface area (Å²) in [5.74, 6) is 0. The Hall–Kier alpha value is -2.02. The molecule has 1 fully saturated rings. The van der Waals surface area contributed by atoms with Gasteiger partial charge < -0.3 is 9.80 Å². The Morgan fingerprint density at radius 2 is 2.18 bits per heavy atom. The van der Waals surface area contributed by atoms with Gasteiger partial charge in [-0.05, 0) is 30.2 Å². The van der Waals surface area contributed by atoms with E-state index >= 15 is 0 Å². The Morgan fingerprint density at radius 3 is 2.71 bits per heavy atom. The molecule has 0 unspecified atom stereocenters. The van der Waals surface area contributed by atoms with Crippen LogP contribution in [-0.4, -0.2) is 36.0 Å². The normalized spacial score (nSPS) is 15.2. The number of likely N-dealkylation sites (N-methyl/N-ethyl adjacent to an activating group) is 1. The highest BCUT2D eigenvalue weighted by Crippen LogP contribution is 2.16. The first kappa shape index (κ1) is 11.5. The molecule has 88 valence electrons. The molecule has 17 heavy (non-hydrogen) atoms. The van der Waals surface area contributed by atoms with Gasteiger partial charge in [-0.15, -0.1) is 0 Å². The second kappa shape index (κ2) is 4.46. The summed E-state index contributed by atoms with van der Waals surface area (Å²) in [6.45, 7) is 4.16. The molecule has 1 aliphatic heterocycles. The Morgan fingerprint density at radius 1 is 1.41 bits per heavy atom. The summed E-state index contributed by atoms with van der Waals surface area (Å²) in [6, 6.07) is 7.78. The second-order valence-corrected chi connectivity index (χ2v) is 4.38. The van der Waals surface area contributed by atoms with Crippen LogP contribution in [0.4, 0.5) is 4.79 Å². The van der Waals surface area contributed by atoms with Crippen molar-refractivity contribution in [3.63, 3.8) is 0 Å². The summed E-state index contributed by atoms with van der Waals surface area (Å²) in [7, 11) is 1.81. The SMILES string of the molecule is Cc1cc(C#N)ccc1CN1CCN(C)C1=O. The first-order chi connectivity index (χ1) is 8.11. The van der Waals surface area contributed by atoms with E-state index in [-0.39, 0.29) is 6.03 Å². The number of carbonyl (C=O) groups excluding carboxylic acids is 1. The van der Waals surface area contributed by atoms with E-state index in [9.17, 15) is 4.79 Å². The van der Waals surface area contributed by atoms with Crippen molar-refractivity contribution in [3.8, 4) is 6.07 Å². The van der Waals surface area contributed by atoms with Gasteiger partial charge in [0.25, 0.3) is 0 Å². The van der Waals surface area contributed by atoms with Crippen molar-refractivity contribution in [2.75, 3.05) is 20.1 Å². The molecular formula is C13H15N3O. The number of rotatable bonds is 2. The third-order valence-electron chi connectivity index (χ3n) is 3.14. The molecule has 1 aromatic carbocycles. The van der Waals surface area contributed by atoms with E-state index < -0.39 is 0 Å². The summed E-state index contributed by atoms with van der Waals surface area (Å²) in [5.41, 5.74) is 2.83. The highest BCUT2D eigenvalue weighted by Gasteiger charge is 2.25. The van der Waals surface area contributed by atoms with E-state index in [2.05, 4.69) is 6.07 Å². The summed E-state index contributed by atoms with van der Waals surface area (Å²) in [5, 5.41) is 8.79. The molecule has 0 radical (unpaired) electrons. The van der Waals surface area contributed by atoms with Crippen LogP contribution in [0, 0.1) is 18.3 Å². The van der Waals surface area contributed by atoms with Gasteiger partial charge in [-0.2, -0.15) is 5.26 Å². The average molecular weight is 229 g/mol. The molecule has 1 aromatic rings. The number of urea groups is 1. The lowest BCUT2D eigenvalue weighted by molar-refractivity contribution is 0.197. The van der Waals surface area contributed by atoms with Crippen LogP contribution in [0.15, 0.2) is 18.2 Å². The highest BCUT2D eigenvalue weighted by atomic mass is 16.2. The van der Waals surface area contributed by atoms with Gasteiger partial charge in [-0.1, -0.05) is 6.07 Å². The Labute approximate surface area is 101 Å². The number of hydrogen-bond acceptors (Lipinski definition) is 2. The maximum absolute atomic E-state index is 11.7. The Bertz CT molecular complexity index is 490. The zero-order valence-electron chi connectivity index (χ0n) is 10.1. The van der Waals surface area contributed by atoms with Gasteiger partial charge in [0.05, 0.1) is 11.6 Å². The topological polar surface area (TPSA) is 47.3 Å². The van der Waals surface area contributed by atoms with Crippen LogP contribution in [0.25, 0.3) is 0 Å². The largest absolute Gasteiger partial charge is 0.326 e. The molecule has 0 aliphatic carbocycles. The van der Waals surface area contributed by atoms with E-state index in [0.29, 0.717) is 12.1 Å². The molecule has 2 rings (SSSR count). The number of hydrogen-bond donors (Lipinski definition) is 0. The molecule has 2 amide bonds. The van der Waals surface area contributed by atoms with Gasteiger partial charge in [-0.3, -0.25) is 0 Å². The number of aryl methyl sites for hydroxylation is 1. The average Bonchev–Trinajstić information content (AvgIpc) is 2.63. The van der Waals surface area contributed by atoms with Gasteiger partial charge in [0.15, 0.2) is 0 Å². The lowest BCUT2D eigenvalue weighted by atomic mass is 10.1. The molecule has 0 aromatic heterocycles. The number of carbonyl (C=O) groups is 1. The van der Waals surface area contributed by atoms with Crippen LogP contribution < -0.4 is 0 Å². The van der Waals surface area contributed by atoms with Crippen molar-refractivity contribution in [2.24, 2.45) is 0 Å². The minimum Gasteiger partial charge on any atom is -0.326 e. The lowest BCUT2D eigenvalue weighted by Crippen LogP contribution is -2.29. The quantitative estimate of drug-likeness (QED) is 0.775. The molecule has 1 saturated heterocycles. The number of amides is 2. The van der Waals surface area contributed by atoms with Crippen LogP contribution in [0.3, 0.4) is 0 Å². The van der Waals surface area contributed by atoms with Crippen LogP contribution in [0.1, 0.15) is 16.7 Å². The fraction of sp³-hybridized carbons (Fsp3) is 0.385. The van der Waals surface area contributed by atoms with Gasteiger partial charge >= 0.3 is 6.03 Å². The third-order valence-corrected chi connectivity index (χ3v) is 3.14. The van der Waals surface area contributed by atoms with Gasteiger partial charge in [-0.25, -0.2) is 4.79 Å². The van der Waals surface area contributed by atoms with Gasteiger partial charge in [0, 0.05) is 26.7 Å². The summed E-state index contributed by atoms with van der Waals surface area (Å²) >= 11 is 0. The van der Waals surface area contributed by atoms with Crippen LogP contribution in [0.2, 0.25) is 0 Å². The van der Waals surface area contributed by atoms with Crippen LogP contribution >= 0.6 is 0 Å². The first-order valence-electron chi connectivity index (χ1n) is 5.61. The molecule has 1 heterocycles. The van der Waals surface area contributed by atoms with Crippen molar-refractivity contribution < 1.29 is 4.79 Å². The minimum atomic E-state index is 0.0776. The van der Waals surface area contributed by atoms with E-state index in [0.717, 1.165) is 24.2 Å². The molecule has 0 atom stereocenters. The molecule has 4 heteroatoms. The molecule has 1 aliphatic rings. The smallest absolute Gasteiger partial charge is 0.320 e. The summed E-state index contributed by atoms with van der Waals surface area (Å²) in [4.78, 5) is 15.3. The number of benzene rings is 1. The zero-order chi connectivity index (χ0) is 12.4. The van der Waals surface area contributed by atoms with E-state index in [1.54, 1.807) is 11.0 Å². The maximum Gasteiger partial charge on any atom is 0.320 e. The molecular weight excluding hydrogens is 214 g/mol. The van der Waals surface area contributed by atoms with E-state index in [1.807, 2.05) is 31.0 Å². The number of nitriles is 1. The van der Waals surface area contributed by atoms with Crippen molar-refractivity contribution in [1.29, 1.82) is 5.26 Å². The summed E-state index contributed by atoms with van der Waals surface area (Å²) < 4.78 is 0. The fourth-order valence-electron chi connectivity index (χ4n) is 2.00. The van der Waals surface area contributed by atoms with Gasteiger partial charge in [0.2, 0.25) is 0 Å². The van der Waals surface area contributed by atoms with Crippen molar-refractivity contribution in [2.45, 2.75) is 13.5 Å². The van der Waals surface area contributed by atoms with Crippen molar-refractivity contribution >= 4 is 6.03 Å². The fourth-order valence-corrected chi connectivity index (χ4v) is 2.00. The van der Waals surface area contributed by atoms with Crippen molar-refractivity contribution in [3.05, 3.63) is 34.9 Å². The zero-order valence-corrected chi connectivity index (χ0v) is 10.1. The second-order valence-electron chi connectivity index (χ2n) is 4.38. The maximum atomic E-state index is 11.7. The molecule has 4 nitrogen and oxygen atoms in total.